The summed E-state index contributed by atoms with van der Waals surface area (Å²) in [5, 5.41) is 0. The summed E-state index contributed by atoms with van der Waals surface area (Å²) >= 11 is 0. The summed E-state index contributed by atoms with van der Waals surface area (Å²) in [6, 6.07) is 9.44. The van der Waals surface area contributed by atoms with Crippen LogP contribution in [0.25, 0.3) is 0 Å². The highest BCUT2D eigenvalue weighted by Gasteiger charge is 2.19. The zero-order valence-corrected chi connectivity index (χ0v) is 16.8. The lowest BCUT2D eigenvalue weighted by Gasteiger charge is -2.32. The molecule has 1 heteroatoms. The quantitative estimate of drug-likeness (QED) is 0.596. The Bertz CT molecular complexity index is 458. The maximum absolute atomic E-state index is 2.69. The molecule has 0 aromatic heterocycles. The SMILES string of the molecule is CC(C)CCCN1CCC(Cc2ccc(CC(C)(C)C)cc2)CC1. The van der Waals surface area contributed by atoms with E-state index in [1.807, 2.05) is 0 Å². The average molecular weight is 330 g/mol. The van der Waals surface area contributed by atoms with Crippen LogP contribution in [0, 0.1) is 17.3 Å². The van der Waals surface area contributed by atoms with Gasteiger partial charge in [0.1, 0.15) is 0 Å². The highest BCUT2D eigenvalue weighted by Crippen LogP contribution is 2.24. The van der Waals surface area contributed by atoms with E-state index in [2.05, 4.69) is 63.8 Å². The van der Waals surface area contributed by atoms with Crippen molar-refractivity contribution in [1.29, 1.82) is 0 Å². The molecule has 136 valence electrons. The topological polar surface area (TPSA) is 3.24 Å². The van der Waals surface area contributed by atoms with Crippen LogP contribution in [-0.2, 0) is 12.8 Å². The number of nitrogens with zero attached hydrogens (tertiary/aromatic N) is 1. The van der Waals surface area contributed by atoms with E-state index in [-0.39, 0.29) is 0 Å². The smallest absolute Gasteiger partial charge is 0.00160 e. The second-order valence-corrected chi connectivity index (χ2v) is 9.58. The first kappa shape index (κ1) is 19.5. The Kier molecular flexibility index (Phi) is 7.34. The molecular formula is C23H39N. The van der Waals surface area contributed by atoms with Crippen LogP contribution < -0.4 is 0 Å². The zero-order chi connectivity index (χ0) is 17.6. The number of likely N-dealkylation sites (tertiary alicyclic amines) is 1. The number of benzene rings is 1. The molecular weight excluding hydrogens is 290 g/mol. The molecule has 1 aromatic carbocycles. The molecule has 0 radical (unpaired) electrons. The van der Waals surface area contributed by atoms with Crippen molar-refractivity contribution < 1.29 is 0 Å². The van der Waals surface area contributed by atoms with E-state index in [1.165, 1.54) is 69.3 Å². The summed E-state index contributed by atoms with van der Waals surface area (Å²) in [7, 11) is 0. The lowest BCUT2D eigenvalue weighted by atomic mass is 9.86. The Labute approximate surface area is 150 Å². The molecule has 1 nitrogen and oxygen atoms in total. The van der Waals surface area contributed by atoms with E-state index in [4.69, 9.17) is 0 Å². The van der Waals surface area contributed by atoms with Crippen LogP contribution in [0.5, 0.6) is 0 Å². The molecule has 0 saturated carbocycles. The van der Waals surface area contributed by atoms with Gasteiger partial charge in [0.2, 0.25) is 0 Å². The molecule has 0 bridgehead atoms. The monoisotopic (exact) mass is 329 g/mol. The number of piperidine rings is 1. The third kappa shape index (κ3) is 7.38. The van der Waals surface area contributed by atoms with Crippen molar-refractivity contribution >= 4 is 0 Å². The number of rotatable bonds is 7. The minimum Gasteiger partial charge on any atom is -0.303 e. The Morgan fingerprint density at radius 2 is 1.58 bits per heavy atom. The van der Waals surface area contributed by atoms with Gasteiger partial charge >= 0.3 is 0 Å². The van der Waals surface area contributed by atoms with Gasteiger partial charge in [0.05, 0.1) is 0 Å². The van der Waals surface area contributed by atoms with Gasteiger partial charge in [-0.2, -0.15) is 0 Å². The van der Waals surface area contributed by atoms with E-state index < -0.39 is 0 Å². The lowest BCUT2D eigenvalue weighted by Crippen LogP contribution is -2.35. The fraction of sp³-hybridized carbons (Fsp3) is 0.739. The molecule has 0 N–H and O–H groups in total. The highest BCUT2D eigenvalue weighted by molar-refractivity contribution is 5.23. The van der Waals surface area contributed by atoms with Crippen LogP contribution in [-0.4, -0.2) is 24.5 Å². The van der Waals surface area contributed by atoms with Crippen LogP contribution in [0.4, 0.5) is 0 Å². The Hall–Kier alpha value is -0.820. The van der Waals surface area contributed by atoms with Gasteiger partial charge in [-0.05, 0) is 86.5 Å². The van der Waals surface area contributed by atoms with Crippen LogP contribution in [0.15, 0.2) is 24.3 Å². The summed E-state index contributed by atoms with van der Waals surface area (Å²) in [5.41, 5.74) is 3.39. The minimum absolute atomic E-state index is 0.379. The average Bonchev–Trinajstić information content (AvgIpc) is 2.49. The summed E-state index contributed by atoms with van der Waals surface area (Å²) in [5.74, 6) is 1.74. The van der Waals surface area contributed by atoms with Crippen molar-refractivity contribution in [3.63, 3.8) is 0 Å². The van der Waals surface area contributed by atoms with E-state index in [0.29, 0.717) is 5.41 Å². The van der Waals surface area contributed by atoms with E-state index >= 15 is 0 Å². The molecule has 1 aliphatic heterocycles. The van der Waals surface area contributed by atoms with Gasteiger partial charge in [-0.3, -0.25) is 0 Å². The fourth-order valence-corrected chi connectivity index (χ4v) is 3.88. The van der Waals surface area contributed by atoms with Crippen molar-refractivity contribution in [2.75, 3.05) is 19.6 Å². The molecule has 1 heterocycles. The molecule has 0 unspecified atom stereocenters. The first-order chi connectivity index (χ1) is 11.3. The van der Waals surface area contributed by atoms with Crippen molar-refractivity contribution in [1.82, 2.24) is 4.90 Å². The van der Waals surface area contributed by atoms with Crippen LogP contribution in [0.1, 0.15) is 71.4 Å². The molecule has 1 aliphatic rings. The molecule has 0 spiro atoms. The van der Waals surface area contributed by atoms with Gasteiger partial charge in [-0.1, -0.05) is 58.9 Å². The normalized spacial score (nSPS) is 17.6. The van der Waals surface area contributed by atoms with Gasteiger partial charge in [-0.15, -0.1) is 0 Å². The van der Waals surface area contributed by atoms with Gasteiger partial charge in [-0.25, -0.2) is 0 Å². The summed E-state index contributed by atoms with van der Waals surface area (Å²) in [6.45, 7) is 15.5. The van der Waals surface area contributed by atoms with E-state index in [9.17, 15) is 0 Å². The summed E-state index contributed by atoms with van der Waals surface area (Å²) in [4.78, 5) is 2.69. The Morgan fingerprint density at radius 3 is 2.12 bits per heavy atom. The van der Waals surface area contributed by atoms with Crippen LogP contribution >= 0.6 is 0 Å². The second-order valence-electron chi connectivity index (χ2n) is 9.58. The molecule has 0 aliphatic carbocycles. The highest BCUT2D eigenvalue weighted by atomic mass is 15.1. The fourth-order valence-electron chi connectivity index (χ4n) is 3.88. The molecule has 0 atom stereocenters. The second kappa shape index (κ2) is 9.04. The Balaban J connectivity index is 1.71. The maximum Gasteiger partial charge on any atom is -0.00160 e. The zero-order valence-electron chi connectivity index (χ0n) is 16.8. The molecule has 0 amide bonds. The van der Waals surface area contributed by atoms with Crippen LogP contribution in [0.3, 0.4) is 0 Å². The first-order valence-corrected chi connectivity index (χ1v) is 10.1. The molecule has 2 rings (SSSR count). The van der Waals surface area contributed by atoms with E-state index in [1.54, 1.807) is 0 Å². The summed E-state index contributed by atoms with van der Waals surface area (Å²) < 4.78 is 0. The van der Waals surface area contributed by atoms with Crippen molar-refractivity contribution in [2.45, 2.75) is 73.1 Å². The van der Waals surface area contributed by atoms with Crippen molar-refractivity contribution in [2.24, 2.45) is 17.3 Å². The lowest BCUT2D eigenvalue weighted by molar-refractivity contribution is 0.179. The molecule has 24 heavy (non-hydrogen) atoms. The standard InChI is InChI=1S/C23H39N/c1-19(2)7-6-14-24-15-12-21(13-16-24)17-20-8-10-22(11-9-20)18-23(3,4)5/h8-11,19,21H,6-7,12-18H2,1-5H3. The largest absolute Gasteiger partial charge is 0.303 e. The van der Waals surface area contributed by atoms with Crippen LogP contribution in [0.2, 0.25) is 0 Å². The predicted molar refractivity (Wildman–Crippen MR) is 107 cm³/mol. The first-order valence-electron chi connectivity index (χ1n) is 10.1. The minimum atomic E-state index is 0.379. The van der Waals surface area contributed by atoms with Gasteiger partial charge in [0, 0.05) is 0 Å². The predicted octanol–water partition coefficient (Wildman–Crippen LogP) is 5.97. The molecule has 1 fully saturated rings. The Morgan fingerprint density at radius 1 is 1.00 bits per heavy atom. The molecule has 1 saturated heterocycles. The number of hydrogen-bond acceptors (Lipinski definition) is 1. The number of hydrogen-bond donors (Lipinski definition) is 0. The maximum atomic E-state index is 2.69. The van der Waals surface area contributed by atoms with E-state index in [0.717, 1.165) is 11.8 Å². The van der Waals surface area contributed by atoms with Gasteiger partial charge in [0.15, 0.2) is 0 Å². The third-order valence-corrected chi connectivity index (χ3v) is 5.24. The van der Waals surface area contributed by atoms with Crippen molar-refractivity contribution in [3.05, 3.63) is 35.4 Å². The van der Waals surface area contributed by atoms with Gasteiger partial charge in [0.25, 0.3) is 0 Å². The summed E-state index contributed by atoms with van der Waals surface area (Å²) in [6.07, 6.45) is 7.95. The molecule has 1 aromatic rings. The van der Waals surface area contributed by atoms with Crippen molar-refractivity contribution in [3.8, 4) is 0 Å². The van der Waals surface area contributed by atoms with Gasteiger partial charge < -0.3 is 4.90 Å². The third-order valence-electron chi connectivity index (χ3n) is 5.24.